The number of nitrogens with zero attached hydrogens (tertiary/aromatic N) is 4. The Kier molecular flexibility index (Phi) is 4.40. The van der Waals surface area contributed by atoms with E-state index in [1.165, 1.54) is 4.68 Å². The molecule has 0 saturated carbocycles. The molecule has 2 heterocycles. The van der Waals surface area contributed by atoms with E-state index in [1.807, 2.05) is 24.3 Å². The molecule has 0 amide bonds. The van der Waals surface area contributed by atoms with E-state index < -0.39 is 0 Å². The van der Waals surface area contributed by atoms with Gasteiger partial charge >= 0.3 is 0 Å². The molecule has 0 bridgehead atoms. The summed E-state index contributed by atoms with van der Waals surface area (Å²) in [4.78, 5) is 16.4. The van der Waals surface area contributed by atoms with Crippen molar-refractivity contribution in [1.29, 1.82) is 0 Å². The van der Waals surface area contributed by atoms with E-state index in [0.717, 1.165) is 42.6 Å². The third-order valence-electron chi connectivity index (χ3n) is 3.87. The van der Waals surface area contributed by atoms with Crippen molar-refractivity contribution in [2.24, 2.45) is 7.05 Å². The zero-order chi connectivity index (χ0) is 15.7. The molecule has 1 saturated heterocycles. The number of aryl methyl sites for hydroxylation is 1. The van der Waals surface area contributed by atoms with Crippen LogP contribution in [0.15, 0.2) is 39.7 Å². The quantitative estimate of drug-likeness (QED) is 0.799. The summed E-state index contributed by atoms with van der Waals surface area (Å²) in [6.45, 7) is 3.34. The van der Waals surface area contributed by atoms with E-state index in [1.54, 1.807) is 13.2 Å². The normalized spacial score (nSPS) is 15.2. The van der Waals surface area contributed by atoms with Crippen molar-refractivity contribution in [3.05, 3.63) is 50.3 Å². The van der Waals surface area contributed by atoms with Gasteiger partial charge in [0.1, 0.15) is 4.47 Å². The number of para-hydroxylation sites is 1. The molecular weight excluding hydrogens is 368 g/mol. The zero-order valence-electron chi connectivity index (χ0n) is 12.2. The molecule has 1 fully saturated rings. The van der Waals surface area contributed by atoms with Gasteiger partial charge in [-0.3, -0.25) is 4.79 Å². The van der Waals surface area contributed by atoms with E-state index in [0.29, 0.717) is 4.47 Å². The van der Waals surface area contributed by atoms with Crippen molar-refractivity contribution in [2.45, 2.75) is 0 Å². The van der Waals surface area contributed by atoms with E-state index in [4.69, 9.17) is 11.6 Å². The SMILES string of the molecule is Cn1ncc(N2CCN(c3ccccc3Cl)CC2)c(Br)c1=O. The third kappa shape index (κ3) is 2.85. The molecule has 3 rings (SSSR count). The van der Waals surface area contributed by atoms with Gasteiger partial charge in [-0.2, -0.15) is 5.10 Å². The van der Waals surface area contributed by atoms with E-state index in [2.05, 4.69) is 30.8 Å². The fraction of sp³-hybridized carbons (Fsp3) is 0.333. The molecule has 0 radical (unpaired) electrons. The topological polar surface area (TPSA) is 41.4 Å². The van der Waals surface area contributed by atoms with Crippen LogP contribution in [0.4, 0.5) is 11.4 Å². The second-order valence-corrected chi connectivity index (χ2v) is 6.40. The molecular formula is C15H16BrClN4O. The number of hydrogen-bond donors (Lipinski definition) is 0. The Hall–Kier alpha value is -1.53. The van der Waals surface area contributed by atoms with Crippen LogP contribution in [0, 0.1) is 0 Å². The van der Waals surface area contributed by atoms with Crippen molar-refractivity contribution < 1.29 is 0 Å². The van der Waals surface area contributed by atoms with Gasteiger partial charge < -0.3 is 9.80 Å². The lowest BCUT2D eigenvalue weighted by molar-refractivity contribution is 0.641. The van der Waals surface area contributed by atoms with Gasteiger partial charge in [-0.25, -0.2) is 4.68 Å². The maximum absolute atomic E-state index is 12.0. The molecule has 0 N–H and O–H groups in total. The second-order valence-electron chi connectivity index (χ2n) is 5.20. The first-order chi connectivity index (χ1) is 10.6. The maximum Gasteiger partial charge on any atom is 0.282 e. The highest BCUT2D eigenvalue weighted by Gasteiger charge is 2.21. The Morgan fingerprint density at radius 1 is 1.09 bits per heavy atom. The number of piperazine rings is 1. The number of halogens is 2. The van der Waals surface area contributed by atoms with Crippen LogP contribution in [0.3, 0.4) is 0 Å². The van der Waals surface area contributed by atoms with Crippen LogP contribution in [0.2, 0.25) is 5.02 Å². The molecule has 1 aromatic carbocycles. The smallest absolute Gasteiger partial charge is 0.282 e. The molecule has 116 valence electrons. The van der Waals surface area contributed by atoms with Crippen LogP contribution in [0.1, 0.15) is 0 Å². The molecule has 7 heteroatoms. The summed E-state index contributed by atoms with van der Waals surface area (Å²) >= 11 is 9.65. The number of aromatic nitrogens is 2. The molecule has 1 aromatic heterocycles. The molecule has 2 aromatic rings. The van der Waals surface area contributed by atoms with Crippen molar-refractivity contribution in [3.63, 3.8) is 0 Å². The fourth-order valence-electron chi connectivity index (χ4n) is 2.62. The Morgan fingerprint density at radius 3 is 2.32 bits per heavy atom. The number of rotatable bonds is 2. The average molecular weight is 384 g/mol. The first kappa shape index (κ1) is 15.4. The first-order valence-electron chi connectivity index (χ1n) is 7.04. The molecule has 0 unspecified atom stereocenters. The van der Waals surface area contributed by atoms with Crippen molar-refractivity contribution >= 4 is 38.9 Å². The number of hydrogen-bond acceptors (Lipinski definition) is 4. The molecule has 1 aliphatic rings. The minimum absolute atomic E-state index is 0.119. The van der Waals surface area contributed by atoms with Crippen molar-refractivity contribution in [3.8, 4) is 0 Å². The Labute approximate surface area is 142 Å². The summed E-state index contributed by atoms with van der Waals surface area (Å²) in [5.41, 5.74) is 1.79. The summed E-state index contributed by atoms with van der Waals surface area (Å²) in [5, 5.41) is 4.87. The number of anilines is 2. The van der Waals surface area contributed by atoms with E-state index in [9.17, 15) is 4.79 Å². The van der Waals surface area contributed by atoms with Gasteiger partial charge in [0.15, 0.2) is 0 Å². The first-order valence-corrected chi connectivity index (χ1v) is 8.21. The predicted molar refractivity (Wildman–Crippen MR) is 93.1 cm³/mol. The molecule has 1 aliphatic heterocycles. The summed E-state index contributed by atoms with van der Waals surface area (Å²) in [7, 11) is 1.65. The molecule has 0 atom stereocenters. The average Bonchev–Trinajstić information content (AvgIpc) is 2.54. The van der Waals surface area contributed by atoms with Gasteiger partial charge in [0, 0.05) is 33.2 Å². The largest absolute Gasteiger partial charge is 0.367 e. The van der Waals surface area contributed by atoms with Crippen LogP contribution >= 0.6 is 27.5 Å². The van der Waals surface area contributed by atoms with Crippen LogP contribution < -0.4 is 15.4 Å². The van der Waals surface area contributed by atoms with E-state index >= 15 is 0 Å². The Balaban J connectivity index is 1.76. The van der Waals surface area contributed by atoms with Crippen molar-refractivity contribution in [2.75, 3.05) is 36.0 Å². The minimum Gasteiger partial charge on any atom is -0.367 e. The van der Waals surface area contributed by atoms with Crippen LogP contribution in [0.25, 0.3) is 0 Å². The monoisotopic (exact) mass is 382 g/mol. The van der Waals surface area contributed by atoms with Gasteiger partial charge in [0.25, 0.3) is 5.56 Å². The van der Waals surface area contributed by atoms with Gasteiger partial charge in [-0.1, -0.05) is 23.7 Å². The second kappa shape index (κ2) is 6.30. The van der Waals surface area contributed by atoms with Gasteiger partial charge in [-0.05, 0) is 28.1 Å². The molecule has 0 spiro atoms. The molecule has 22 heavy (non-hydrogen) atoms. The summed E-state index contributed by atoms with van der Waals surface area (Å²) in [6.07, 6.45) is 1.73. The lowest BCUT2D eigenvalue weighted by Crippen LogP contribution is -2.47. The van der Waals surface area contributed by atoms with Crippen molar-refractivity contribution in [1.82, 2.24) is 9.78 Å². The maximum atomic E-state index is 12.0. The predicted octanol–water partition coefficient (Wildman–Crippen LogP) is 2.52. The van der Waals surface area contributed by atoms with Gasteiger partial charge in [-0.15, -0.1) is 0 Å². The summed E-state index contributed by atoms with van der Waals surface area (Å²) in [5.74, 6) is 0. The molecule has 5 nitrogen and oxygen atoms in total. The van der Waals surface area contributed by atoms with Crippen LogP contribution in [-0.2, 0) is 7.05 Å². The van der Waals surface area contributed by atoms with E-state index in [-0.39, 0.29) is 5.56 Å². The Bertz CT molecular complexity index is 741. The standard InChI is InChI=1S/C15H16BrClN4O/c1-19-15(22)14(16)13(10-18-19)21-8-6-20(7-9-21)12-5-3-2-4-11(12)17/h2-5,10H,6-9H2,1H3. The fourth-order valence-corrected chi connectivity index (χ4v) is 3.48. The lowest BCUT2D eigenvalue weighted by atomic mass is 10.2. The summed E-state index contributed by atoms with van der Waals surface area (Å²) < 4.78 is 1.89. The highest BCUT2D eigenvalue weighted by atomic mass is 79.9. The minimum atomic E-state index is -0.119. The Morgan fingerprint density at radius 2 is 1.68 bits per heavy atom. The molecule has 0 aliphatic carbocycles. The third-order valence-corrected chi connectivity index (χ3v) is 4.94. The van der Waals surface area contributed by atoms with Crippen LogP contribution in [0.5, 0.6) is 0 Å². The van der Waals surface area contributed by atoms with Crippen LogP contribution in [-0.4, -0.2) is 36.0 Å². The van der Waals surface area contributed by atoms with Gasteiger partial charge in [0.2, 0.25) is 0 Å². The zero-order valence-corrected chi connectivity index (χ0v) is 14.5. The lowest BCUT2D eigenvalue weighted by Gasteiger charge is -2.37. The highest BCUT2D eigenvalue weighted by Crippen LogP contribution is 2.28. The number of benzene rings is 1. The van der Waals surface area contributed by atoms with Gasteiger partial charge in [0.05, 0.1) is 22.6 Å². The summed E-state index contributed by atoms with van der Waals surface area (Å²) in [6, 6.07) is 7.87. The highest BCUT2D eigenvalue weighted by molar-refractivity contribution is 9.10.